The van der Waals surface area contributed by atoms with E-state index in [1.54, 1.807) is 0 Å². The van der Waals surface area contributed by atoms with Gasteiger partial charge in [-0.05, 0) is 18.2 Å². The fraction of sp³-hybridized carbons (Fsp3) is 0.200. The fourth-order valence-corrected chi connectivity index (χ4v) is 1.25. The molecule has 0 amide bonds. The SMILES string of the molecule is FC(F)(F)c1cc(C#CCCl)ccc1Cl. The smallest absolute Gasteiger partial charge is 0.166 e. The van der Waals surface area contributed by atoms with Crippen molar-refractivity contribution in [2.45, 2.75) is 6.18 Å². The maximum atomic E-state index is 12.4. The Bertz CT molecular complexity index is 413. The average molecular weight is 253 g/mol. The van der Waals surface area contributed by atoms with Crippen molar-refractivity contribution >= 4 is 23.2 Å². The quantitative estimate of drug-likeness (QED) is 0.485. The van der Waals surface area contributed by atoms with Gasteiger partial charge in [-0.15, -0.1) is 11.6 Å². The predicted molar refractivity (Wildman–Crippen MR) is 54.1 cm³/mol. The zero-order valence-corrected chi connectivity index (χ0v) is 8.84. The molecule has 0 saturated carbocycles. The predicted octanol–water partition coefficient (Wildman–Crippen LogP) is 3.95. The molecule has 0 nitrogen and oxygen atoms in total. The van der Waals surface area contributed by atoms with Gasteiger partial charge in [0.25, 0.3) is 0 Å². The van der Waals surface area contributed by atoms with Crippen LogP contribution in [0.1, 0.15) is 11.1 Å². The number of hydrogen-bond donors (Lipinski definition) is 0. The molecule has 0 aliphatic carbocycles. The van der Waals surface area contributed by atoms with E-state index >= 15 is 0 Å². The molecule has 0 saturated heterocycles. The first-order valence-corrected chi connectivity index (χ1v) is 4.78. The second-order valence-corrected chi connectivity index (χ2v) is 3.30. The molecule has 0 bridgehead atoms. The highest BCUT2D eigenvalue weighted by atomic mass is 35.5. The van der Waals surface area contributed by atoms with Crippen LogP contribution in [0.25, 0.3) is 0 Å². The first-order valence-electron chi connectivity index (χ1n) is 3.86. The number of alkyl halides is 4. The first kappa shape index (κ1) is 12.2. The molecule has 5 heteroatoms. The van der Waals surface area contributed by atoms with E-state index in [0.29, 0.717) is 0 Å². The minimum atomic E-state index is -4.46. The maximum Gasteiger partial charge on any atom is 0.417 e. The molecule has 0 fully saturated rings. The van der Waals surface area contributed by atoms with Gasteiger partial charge in [-0.1, -0.05) is 23.4 Å². The highest BCUT2D eigenvalue weighted by Crippen LogP contribution is 2.34. The summed E-state index contributed by atoms with van der Waals surface area (Å²) in [6, 6.07) is 3.49. The van der Waals surface area contributed by atoms with Crippen LogP contribution in [0.5, 0.6) is 0 Å². The van der Waals surface area contributed by atoms with Gasteiger partial charge in [-0.25, -0.2) is 0 Å². The lowest BCUT2D eigenvalue weighted by Crippen LogP contribution is -2.06. The number of hydrogen-bond acceptors (Lipinski definition) is 0. The van der Waals surface area contributed by atoms with E-state index in [1.807, 2.05) is 0 Å². The summed E-state index contributed by atoms with van der Waals surface area (Å²) in [6.45, 7) is 0. The van der Waals surface area contributed by atoms with E-state index in [2.05, 4.69) is 11.8 Å². The minimum absolute atomic E-state index is 0.0734. The van der Waals surface area contributed by atoms with Gasteiger partial charge in [0.1, 0.15) is 0 Å². The van der Waals surface area contributed by atoms with Crippen LogP contribution in [-0.2, 0) is 6.18 Å². The summed E-state index contributed by atoms with van der Waals surface area (Å²) in [5.74, 6) is 5.03. The van der Waals surface area contributed by atoms with Crippen LogP contribution in [0.3, 0.4) is 0 Å². The molecular weight excluding hydrogens is 248 g/mol. The molecule has 0 radical (unpaired) electrons. The molecule has 0 unspecified atom stereocenters. The lowest BCUT2D eigenvalue weighted by atomic mass is 10.1. The molecule has 0 N–H and O–H groups in total. The van der Waals surface area contributed by atoms with Gasteiger partial charge in [-0.2, -0.15) is 13.2 Å². The third kappa shape index (κ3) is 3.33. The molecule has 0 aromatic heterocycles. The van der Waals surface area contributed by atoms with E-state index in [0.717, 1.165) is 6.07 Å². The largest absolute Gasteiger partial charge is 0.417 e. The lowest BCUT2D eigenvalue weighted by Gasteiger charge is -2.08. The zero-order valence-electron chi connectivity index (χ0n) is 7.33. The third-order valence-electron chi connectivity index (χ3n) is 1.57. The van der Waals surface area contributed by atoms with Crippen molar-refractivity contribution in [3.63, 3.8) is 0 Å². The summed E-state index contributed by atoms with van der Waals surface area (Å²) in [5, 5.41) is -0.334. The van der Waals surface area contributed by atoms with E-state index in [4.69, 9.17) is 23.2 Å². The monoisotopic (exact) mass is 252 g/mol. The summed E-state index contributed by atoms with van der Waals surface area (Å²) in [6.07, 6.45) is -4.46. The molecule has 0 aliphatic heterocycles. The van der Waals surface area contributed by atoms with Crippen molar-refractivity contribution in [1.82, 2.24) is 0 Å². The van der Waals surface area contributed by atoms with Crippen molar-refractivity contribution < 1.29 is 13.2 Å². The Kier molecular flexibility index (Phi) is 3.90. The number of halogens is 5. The van der Waals surface area contributed by atoms with Gasteiger partial charge in [0.15, 0.2) is 0 Å². The summed E-state index contributed by atoms with van der Waals surface area (Å²) in [7, 11) is 0. The Hall–Kier alpha value is -0.850. The average Bonchev–Trinajstić information content (AvgIpc) is 2.15. The van der Waals surface area contributed by atoms with Crippen LogP contribution in [0.15, 0.2) is 18.2 Å². The Morgan fingerprint density at radius 1 is 1.27 bits per heavy atom. The number of rotatable bonds is 0. The normalized spacial score (nSPS) is 10.7. The van der Waals surface area contributed by atoms with Gasteiger partial charge < -0.3 is 0 Å². The van der Waals surface area contributed by atoms with E-state index in [9.17, 15) is 13.2 Å². The van der Waals surface area contributed by atoms with Gasteiger partial charge in [0.2, 0.25) is 0 Å². The van der Waals surface area contributed by atoms with Crippen molar-refractivity contribution in [2.24, 2.45) is 0 Å². The molecule has 15 heavy (non-hydrogen) atoms. The number of benzene rings is 1. The summed E-state index contributed by atoms with van der Waals surface area (Å²) in [5.41, 5.74) is -0.641. The Morgan fingerprint density at radius 3 is 2.47 bits per heavy atom. The molecule has 0 heterocycles. The summed E-state index contributed by atoms with van der Waals surface area (Å²) < 4.78 is 37.2. The van der Waals surface area contributed by atoms with Crippen LogP contribution in [-0.4, -0.2) is 5.88 Å². The molecule has 0 atom stereocenters. The van der Waals surface area contributed by atoms with E-state index < -0.39 is 11.7 Å². The van der Waals surface area contributed by atoms with Crippen LogP contribution in [0, 0.1) is 11.8 Å². The standard InChI is InChI=1S/C10H5Cl2F3/c11-5-1-2-7-3-4-9(12)8(6-7)10(13,14)15/h3-4,6H,5H2. The molecule has 1 rings (SSSR count). The topological polar surface area (TPSA) is 0 Å². The van der Waals surface area contributed by atoms with Crippen molar-refractivity contribution in [1.29, 1.82) is 0 Å². The Balaban J connectivity index is 3.17. The fourth-order valence-electron chi connectivity index (χ4n) is 0.956. The third-order valence-corrected chi connectivity index (χ3v) is 2.03. The van der Waals surface area contributed by atoms with Crippen molar-refractivity contribution in [3.8, 4) is 11.8 Å². The van der Waals surface area contributed by atoms with Crippen molar-refractivity contribution in [2.75, 3.05) is 5.88 Å². The van der Waals surface area contributed by atoms with Crippen molar-refractivity contribution in [3.05, 3.63) is 34.3 Å². The van der Waals surface area contributed by atoms with Gasteiger partial charge in [0.05, 0.1) is 16.5 Å². The highest BCUT2D eigenvalue weighted by molar-refractivity contribution is 6.31. The highest BCUT2D eigenvalue weighted by Gasteiger charge is 2.33. The molecule has 0 aliphatic rings. The second kappa shape index (κ2) is 4.78. The summed E-state index contributed by atoms with van der Waals surface area (Å²) in [4.78, 5) is 0. The Morgan fingerprint density at radius 2 is 1.93 bits per heavy atom. The molecule has 1 aromatic carbocycles. The molecule has 80 valence electrons. The summed E-state index contributed by atoms with van der Waals surface area (Å²) >= 11 is 10.7. The van der Waals surface area contributed by atoms with Crippen LogP contribution in [0.2, 0.25) is 5.02 Å². The van der Waals surface area contributed by atoms with E-state index in [-0.39, 0.29) is 16.5 Å². The van der Waals surface area contributed by atoms with E-state index in [1.165, 1.54) is 12.1 Å². The maximum absolute atomic E-state index is 12.4. The Labute approximate surface area is 95.0 Å². The van der Waals surface area contributed by atoms with Crippen LogP contribution in [0.4, 0.5) is 13.2 Å². The van der Waals surface area contributed by atoms with Crippen LogP contribution >= 0.6 is 23.2 Å². The molecule has 1 aromatic rings. The lowest BCUT2D eigenvalue weighted by molar-refractivity contribution is -0.137. The molecule has 0 spiro atoms. The zero-order chi connectivity index (χ0) is 11.5. The van der Waals surface area contributed by atoms with Gasteiger partial charge >= 0.3 is 6.18 Å². The first-order chi connectivity index (χ1) is 6.95. The minimum Gasteiger partial charge on any atom is -0.166 e. The second-order valence-electron chi connectivity index (χ2n) is 2.63. The molecular formula is C10H5Cl2F3. The van der Waals surface area contributed by atoms with Gasteiger partial charge in [-0.3, -0.25) is 0 Å². The van der Waals surface area contributed by atoms with Gasteiger partial charge in [0, 0.05) is 5.56 Å². The van der Waals surface area contributed by atoms with Crippen LogP contribution < -0.4 is 0 Å².